The molecule has 0 fully saturated rings. The third-order valence-corrected chi connectivity index (χ3v) is 3.89. The number of nitrogens with one attached hydrogen (secondary N) is 1. The van der Waals surface area contributed by atoms with Gasteiger partial charge in [0, 0.05) is 25.1 Å². The third-order valence-electron chi connectivity index (χ3n) is 2.72. The number of thiophene rings is 1. The smallest absolute Gasteiger partial charge is 0.138 e. The number of aryl methyl sites for hydroxylation is 2. The van der Waals surface area contributed by atoms with Crippen LogP contribution in [0, 0.1) is 6.92 Å². The Balaban J connectivity index is 2.21. The van der Waals surface area contributed by atoms with Crippen LogP contribution >= 0.6 is 11.3 Å². The van der Waals surface area contributed by atoms with Crippen LogP contribution in [0.15, 0.2) is 6.07 Å². The molecule has 1 N–H and O–H groups in total. The maximum Gasteiger partial charge on any atom is 0.138 e. The zero-order valence-electron chi connectivity index (χ0n) is 11.1. The van der Waals surface area contributed by atoms with Crippen molar-refractivity contribution in [1.29, 1.82) is 0 Å². The fraction of sp³-hybridized carbons (Fsp3) is 0.538. The minimum atomic E-state index is 0.768. The van der Waals surface area contributed by atoms with Gasteiger partial charge in [0.25, 0.3) is 0 Å². The van der Waals surface area contributed by atoms with Gasteiger partial charge in [0.05, 0.1) is 5.39 Å². The van der Waals surface area contributed by atoms with E-state index in [1.54, 1.807) is 18.4 Å². The fourth-order valence-corrected chi connectivity index (χ4v) is 2.82. The predicted octanol–water partition coefficient (Wildman–Crippen LogP) is 3.01. The van der Waals surface area contributed by atoms with Crippen molar-refractivity contribution in [1.82, 2.24) is 9.97 Å². The van der Waals surface area contributed by atoms with E-state index < -0.39 is 0 Å². The summed E-state index contributed by atoms with van der Waals surface area (Å²) in [7, 11) is 1.72. The van der Waals surface area contributed by atoms with Gasteiger partial charge in [-0.2, -0.15) is 0 Å². The van der Waals surface area contributed by atoms with Crippen LogP contribution in [0.4, 0.5) is 5.82 Å². The molecule has 5 heteroatoms. The average molecular weight is 265 g/mol. The van der Waals surface area contributed by atoms with E-state index in [1.165, 1.54) is 4.88 Å². The maximum atomic E-state index is 5.04. The van der Waals surface area contributed by atoms with Crippen LogP contribution in [0.5, 0.6) is 0 Å². The number of nitrogens with zero attached hydrogens (tertiary/aromatic N) is 2. The molecule has 0 spiro atoms. The summed E-state index contributed by atoms with van der Waals surface area (Å²) in [6, 6.07) is 2.19. The monoisotopic (exact) mass is 265 g/mol. The van der Waals surface area contributed by atoms with E-state index in [0.717, 1.165) is 47.9 Å². The van der Waals surface area contributed by atoms with Crippen molar-refractivity contribution >= 4 is 27.4 Å². The molecule has 2 aromatic heterocycles. The van der Waals surface area contributed by atoms with Crippen molar-refractivity contribution in [2.45, 2.75) is 26.7 Å². The number of hydrogen-bond acceptors (Lipinski definition) is 5. The lowest BCUT2D eigenvalue weighted by atomic mass is 10.3. The summed E-state index contributed by atoms with van der Waals surface area (Å²) in [5.41, 5.74) is 0. The topological polar surface area (TPSA) is 47.0 Å². The van der Waals surface area contributed by atoms with Crippen molar-refractivity contribution in [3.05, 3.63) is 16.8 Å². The molecule has 0 atom stereocenters. The van der Waals surface area contributed by atoms with Gasteiger partial charge in [-0.05, 0) is 25.8 Å². The number of anilines is 1. The largest absolute Gasteiger partial charge is 0.385 e. The van der Waals surface area contributed by atoms with E-state index in [4.69, 9.17) is 4.74 Å². The molecule has 0 saturated heterocycles. The molecule has 18 heavy (non-hydrogen) atoms. The summed E-state index contributed by atoms with van der Waals surface area (Å²) in [6.45, 7) is 5.74. The second-order valence-corrected chi connectivity index (χ2v) is 5.29. The van der Waals surface area contributed by atoms with Gasteiger partial charge in [-0.25, -0.2) is 9.97 Å². The van der Waals surface area contributed by atoms with Crippen LogP contribution in [0.3, 0.4) is 0 Å². The Morgan fingerprint density at radius 2 is 2.22 bits per heavy atom. The van der Waals surface area contributed by atoms with Gasteiger partial charge in [-0.3, -0.25) is 0 Å². The summed E-state index contributed by atoms with van der Waals surface area (Å²) >= 11 is 1.75. The third kappa shape index (κ3) is 2.97. The normalized spacial score (nSPS) is 11.1. The van der Waals surface area contributed by atoms with Gasteiger partial charge >= 0.3 is 0 Å². The lowest BCUT2D eigenvalue weighted by Crippen LogP contribution is -2.07. The van der Waals surface area contributed by atoms with Crippen molar-refractivity contribution in [3.8, 4) is 0 Å². The lowest BCUT2D eigenvalue weighted by molar-refractivity contribution is 0.198. The van der Waals surface area contributed by atoms with Crippen molar-refractivity contribution in [2.24, 2.45) is 0 Å². The Morgan fingerprint density at radius 1 is 1.39 bits per heavy atom. The summed E-state index contributed by atoms with van der Waals surface area (Å²) in [5, 5.41) is 4.52. The molecule has 0 aliphatic carbocycles. The average Bonchev–Trinajstić information content (AvgIpc) is 2.77. The van der Waals surface area contributed by atoms with Crippen LogP contribution in [0.2, 0.25) is 0 Å². The lowest BCUT2D eigenvalue weighted by Gasteiger charge is -2.06. The second-order valence-electron chi connectivity index (χ2n) is 4.18. The maximum absolute atomic E-state index is 5.04. The Bertz CT molecular complexity index is 524. The highest BCUT2D eigenvalue weighted by atomic mass is 32.1. The number of rotatable bonds is 6. The first-order valence-corrected chi connectivity index (χ1v) is 7.06. The first-order chi connectivity index (χ1) is 8.74. The molecule has 0 bridgehead atoms. The molecule has 2 rings (SSSR count). The van der Waals surface area contributed by atoms with Crippen LogP contribution in [0.25, 0.3) is 10.2 Å². The predicted molar refractivity (Wildman–Crippen MR) is 76.5 cm³/mol. The quantitative estimate of drug-likeness (QED) is 0.816. The van der Waals surface area contributed by atoms with Gasteiger partial charge in [-0.1, -0.05) is 6.92 Å². The molecule has 2 aromatic rings. The molecule has 0 aromatic carbocycles. The number of methoxy groups -OCH3 is 1. The molecule has 4 nitrogen and oxygen atoms in total. The Labute approximate surface area is 111 Å². The Morgan fingerprint density at radius 3 is 2.94 bits per heavy atom. The summed E-state index contributed by atoms with van der Waals surface area (Å²) in [5.74, 6) is 1.77. The molecule has 0 unspecified atom stereocenters. The summed E-state index contributed by atoms with van der Waals surface area (Å²) in [6.07, 6.45) is 2.02. The molecular weight excluding hydrogens is 246 g/mol. The Hall–Kier alpha value is -1.20. The molecular formula is C13H19N3OS. The molecule has 0 radical (unpaired) electrons. The zero-order valence-corrected chi connectivity index (χ0v) is 11.9. The van der Waals surface area contributed by atoms with Gasteiger partial charge < -0.3 is 10.1 Å². The van der Waals surface area contributed by atoms with Crippen molar-refractivity contribution in [2.75, 3.05) is 25.6 Å². The molecule has 98 valence electrons. The van der Waals surface area contributed by atoms with E-state index in [1.807, 2.05) is 6.92 Å². The molecule has 0 saturated carbocycles. The summed E-state index contributed by atoms with van der Waals surface area (Å²) < 4.78 is 5.04. The molecule has 0 aliphatic heterocycles. The SMILES string of the molecule is CCc1cc2c(NCCCOC)nc(C)nc2s1. The van der Waals surface area contributed by atoms with Gasteiger partial charge in [0.15, 0.2) is 0 Å². The van der Waals surface area contributed by atoms with Gasteiger partial charge in [0.2, 0.25) is 0 Å². The number of ether oxygens (including phenoxy) is 1. The highest BCUT2D eigenvalue weighted by Crippen LogP contribution is 2.29. The molecule has 2 heterocycles. The van der Waals surface area contributed by atoms with Gasteiger partial charge in [-0.15, -0.1) is 11.3 Å². The number of aromatic nitrogens is 2. The van der Waals surface area contributed by atoms with E-state index in [2.05, 4.69) is 28.3 Å². The van der Waals surface area contributed by atoms with Crippen LogP contribution in [0.1, 0.15) is 24.0 Å². The minimum Gasteiger partial charge on any atom is -0.385 e. The van der Waals surface area contributed by atoms with Crippen LogP contribution < -0.4 is 5.32 Å². The van der Waals surface area contributed by atoms with E-state index in [0.29, 0.717) is 0 Å². The number of fused-ring (bicyclic) bond motifs is 1. The van der Waals surface area contributed by atoms with Crippen LogP contribution in [-0.2, 0) is 11.2 Å². The highest BCUT2D eigenvalue weighted by molar-refractivity contribution is 7.18. The standard InChI is InChI=1S/C13H19N3OS/c1-4-10-8-11-12(14-6-5-7-17-3)15-9(2)16-13(11)18-10/h8H,4-7H2,1-3H3,(H,14,15,16). The molecule has 0 amide bonds. The molecule has 0 aliphatic rings. The van der Waals surface area contributed by atoms with Crippen molar-refractivity contribution < 1.29 is 4.74 Å². The zero-order chi connectivity index (χ0) is 13.0. The minimum absolute atomic E-state index is 0.768. The Kier molecular flexibility index (Phi) is 4.49. The number of hydrogen-bond donors (Lipinski definition) is 1. The first kappa shape index (κ1) is 13.2. The van der Waals surface area contributed by atoms with E-state index in [9.17, 15) is 0 Å². The van der Waals surface area contributed by atoms with Gasteiger partial charge in [0.1, 0.15) is 16.5 Å². The highest BCUT2D eigenvalue weighted by Gasteiger charge is 2.09. The van der Waals surface area contributed by atoms with Crippen LogP contribution in [-0.4, -0.2) is 30.2 Å². The first-order valence-electron chi connectivity index (χ1n) is 6.24. The fourth-order valence-electron chi connectivity index (χ4n) is 1.81. The summed E-state index contributed by atoms with van der Waals surface area (Å²) in [4.78, 5) is 11.4. The van der Waals surface area contributed by atoms with E-state index in [-0.39, 0.29) is 0 Å². The second kappa shape index (κ2) is 6.11. The van der Waals surface area contributed by atoms with E-state index >= 15 is 0 Å². The van der Waals surface area contributed by atoms with Crippen molar-refractivity contribution in [3.63, 3.8) is 0 Å².